The van der Waals surface area contributed by atoms with E-state index in [2.05, 4.69) is 5.32 Å². The monoisotopic (exact) mass is 385 g/mol. The van der Waals surface area contributed by atoms with Crippen molar-refractivity contribution >= 4 is 34.2 Å². The van der Waals surface area contributed by atoms with E-state index in [1.165, 1.54) is 17.4 Å². The summed E-state index contributed by atoms with van der Waals surface area (Å²) in [5.74, 6) is -0.665. The van der Waals surface area contributed by atoms with E-state index < -0.39 is 11.6 Å². The number of carbonyl (C=O) groups excluding carboxylic acids is 2. The Bertz CT molecular complexity index is 1040. The Morgan fingerprint density at radius 1 is 1.22 bits per heavy atom. The van der Waals surface area contributed by atoms with E-state index in [9.17, 15) is 14.4 Å². The smallest absolute Gasteiger partial charge is 0.336 e. The minimum atomic E-state index is -0.481. The Kier molecular flexibility index (Phi) is 5.71. The summed E-state index contributed by atoms with van der Waals surface area (Å²) in [4.78, 5) is 36.2. The van der Waals surface area contributed by atoms with E-state index in [4.69, 9.17) is 9.15 Å². The van der Waals surface area contributed by atoms with Gasteiger partial charge in [0, 0.05) is 23.6 Å². The summed E-state index contributed by atoms with van der Waals surface area (Å²) >= 11 is 1.34. The topological polar surface area (TPSA) is 85.6 Å². The molecule has 3 aromatic rings. The Hall–Kier alpha value is -2.93. The summed E-state index contributed by atoms with van der Waals surface area (Å²) in [6.07, 6.45) is 0.0502. The number of nitrogens with one attached hydrogen (secondary N) is 1. The number of carbonyl (C=O) groups is 2. The maximum atomic E-state index is 12.0. The number of esters is 1. The molecule has 1 N–H and O–H groups in total. The third-order valence-corrected chi connectivity index (χ3v) is 5.13. The molecule has 0 spiro atoms. The van der Waals surface area contributed by atoms with Gasteiger partial charge in [-0.05, 0) is 36.4 Å². The molecule has 0 aliphatic heterocycles. The molecule has 3 rings (SSSR count). The molecule has 7 heteroatoms. The number of hydrogen-bond donors (Lipinski definition) is 1. The lowest BCUT2D eigenvalue weighted by Crippen LogP contribution is -2.25. The molecule has 0 radical (unpaired) electrons. The molecule has 2 aromatic heterocycles. The van der Waals surface area contributed by atoms with Crippen molar-refractivity contribution in [3.8, 4) is 0 Å². The third-order valence-electron chi connectivity index (χ3n) is 4.27. The molecule has 0 fully saturated rings. The quantitative estimate of drug-likeness (QED) is 0.520. The zero-order valence-corrected chi connectivity index (χ0v) is 15.9. The molecule has 0 atom stereocenters. The van der Waals surface area contributed by atoms with E-state index in [0.29, 0.717) is 16.0 Å². The van der Waals surface area contributed by atoms with Crippen LogP contribution in [0.5, 0.6) is 0 Å². The van der Waals surface area contributed by atoms with Crippen molar-refractivity contribution in [1.82, 2.24) is 5.32 Å². The van der Waals surface area contributed by atoms with Crippen LogP contribution in [0.15, 0.2) is 44.9 Å². The van der Waals surface area contributed by atoms with Gasteiger partial charge in [-0.3, -0.25) is 9.59 Å². The third kappa shape index (κ3) is 4.43. The number of rotatable bonds is 6. The normalized spacial score (nSPS) is 10.7. The highest BCUT2D eigenvalue weighted by Gasteiger charge is 2.12. The molecule has 1 amide bonds. The van der Waals surface area contributed by atoms with Crippen LogP contribution in [0.4, 0.5) is 0 Å². The van der Waals surface area contributed by atoms with Gasteiger partial charge in [0.25, 0.3) is 5.91 Å². The zero-order valence-electron chi connectivity index (χ0n) is 15.0. The Balaban J connectivity index is 1.60. The summed E-state index contributed by atoms with van der Waals surface area (Å²) in [5, 5.41) is 5.23. The van der Waals surface area contributed by atoms with Crippen LogP contribution in [-0.2, 0) is 16.1 Å². The summed E-state index contributed by atoms with van der Waals surface area (Å²) < 4.78 is 10.6. The van der Waals surface area contributed by atoms with Crippen LogP contribution in [0.1, 0.15) is 32.8 Å². The van der Waals surface area contributed by atoms with Gasteiger partial charge in [0.15, 0.2) is 0 Å². The average molecular weight is 385 g/mol. The lowest BCUT2D eigenvalue weighted by atomic mass is 10.0. The highest BCUT2D eigenvalue weighted by atomic mass is 32.1. The van der Waals surface area contributed by atoms with Gasteiger partial charge in [-0.2, -0.15) is 0 Å². The predicted molar refractivity (Wildman–Crippen MR) is 103 cm³/mol. The Labute approximate surface area is 159 Å². The van der Waals surface area contributed by atoms with E-state index in [1.54, 1.807) is 12.1 Å². The molecule has 0 saturated carbocycles. The van der Waals surface area contributed by atoms with Gasteiger partial charge in [0.05, 0.1) is 11.3 Å². The zero-order chi connectivity index (χ0) is 19.4. The summed E-state index contributed by atoms with van der Waals surface area (Å²) in [7, 11) is 0. The number of ether oxygens (including phenoxy) is 1. The molecule has 0 bridgehead atoms. The minimum Gasteiger partial charge on any atom is -0.461 e. The van der Waals surface area contributed by atoms with E-state index in [-0.39, 0.29) is 25.5 Å². The van der Waals surface area contributed by atoms with Gasteiger partial charge in [-0.25, -0.2) is 4.79 Å². The number of fused-ring (bicyclic) bond motifs is 1. The number of benzene rings is 1. The van der Waals surface area contributed by atoms with Crippen molar-refractivity contribution in [3.05, 3.63) is 67.7 Å². The van der Waals surface area contributed by atoms with Gasteiger partial charge >= 0.3 is 11.6 Å². The first-order chi connectivity index (χ1) is 13.0. The van der Waals surface area contributed by atoms with Gasteiger partial charge in [0.2, 0.25) is 0 Å². The van der Waals surface area contributed by atoms with Gasteiger partial charge in [-0.1, -0.05) is 18.2 Å². The van der Waals surface area contributed by atoms with Crippen LogP contribution < -0.4 is 10.9 Å². The fourth-order valence-corrected chi connectivity index (χ4v) is 3.29. The molecule has 0 aliphatic carbocycles. The number of amides is 1. The minimum absolute atomic E-state index is 0.0255. The average Bonchev–Trinajstić information content (AvgIpc) is 3.18. The van der Waals surface area contributed by atoms with Crippen molar-refractivity contribution in [1.29, 1.82) is 0 Å². The summed E-state index contributed by atoms with van der Waals surface area (Å²) in [6, 6.07) is 8.63. The van der Waals surface area contributed by atoms with Crippen LogP contribution in [-0.4, -0.2) is 18.4 Å². The first-order valence-electron chi connectivity index (χ1n) is 8.46. The molecule has 27 heavy (non-hydrogen) atoms. The van der Waals surface area contributed by atoms with Crippen LogP contribution in [0.3, 0.4) is 0 Å². The molecule has 6 nitrogen and oxygen atoms in total. The second-order valence-corrected chi connectivity index (χ2v) is 7.07. The SMILES string of the molecule is Cc1ccc2c(COC(=O)CCNC(=O)c3cccs3)cc(=O)oc2c1C. The second-order valence-electron chi connectivity index (χ2n) is 6.12. The highest BCUT2D eigenvalue weighted by molar-refractivity contribution is 7.12. The first kappa shape index (κ1) is 18.8. The summed E-state index contributed by atoms with van der Waals surface area (Å²) in [6.45, 7) is 3.98. The van der Waals surface area contributed by atoms with Crippen LogP contribution >= 0.6 is 11.3 Å². The van der Waals surface area contributed by atoms with Crippen LogP contribution in [0.25, 0.3) is 11.0 Å². The molecule has 2 heterocycles. The number of thiophene rings is 1. The number of hydrogen-bond acceptors (Lipinski definition) is 6. The van der Waals surface area contributed by atoms with Crippen molar-refractivity contribution in [3.63, 3.8) is 0 Å². The van der Waals surface area contributed by atoms with Crippen molar-refractivity contribution in [2.75, 3.05) is 6.54 Å². The van der Waals surface area contributed by atoms with Gasteiger partial charge < -0.3 is 14.5 Å². The highest BCUT2D eigenvalue weighted by Crippen LogP contribution is 2.23. The molecule has 0 aliphatic rings. The summed E-state index contributed by atoms with van der Waals surface area (Å²) in [5.41, 5.74) is 2.53. The largest absolute Gasteiger partial charge is 0.461 e. The number of aryl methyl sites for hydroxylation is 2. The maximum absolute atomic E-state index is 12.0. The molecule has 0 unspecified atom stereocenters. The second kappa shape index (κ2) is 8.18. The van der Waals surface area contributed by atoms with E-state index in [1.807, 2.05) is 31.4 Å². The van der Waals surface area contributed by atoms with Crippen molar-refractivity contribution in [2.24, 2.45) is 0 Å². The standard InChI is InChI=1S/C20H19NO5S/c1-12-5-6-15-14(10-18(23)26-19(15)13(12)2)11-25-17(22)7-8-21-20(24)16-4-3-9-27-16/h3-6,9-10H,7-8,11H2,1-2H3,(H,21,24). The molecular weight excluding hydrogens is 366 g/mol. The Morgan fingerprint density at radius 2 is 2.04 bits per heavy atom. The van der Waals surface area contributed by atoms with Crippen LogP contribution in [0, 0.1) is 13.8 Å². The van der Waals surface area contributed by atoms with Crippen LogP contribution in [0.2, 0.25) is 0 Å². The molecule has 140 valence electrons. The Morgan fingerprint density at radius 3 is 2.78 bits per heavy atom. The van der Waals surface area contributed by atoms with Gasteiger partial charge in [-0.15, -0.1) is 11.3 Å². The van der Waals surface area contributed by atoms with E-state index >= 15 is 0 Å². The van der Waals surface area contributed by atoms with E-state index in [0.717, 1.165) is 16.5 Å². The predicted octanol–water partition coefficient (Wildman–Crippen LogP) is 3.33. The lowest BCUT2D eigenvalue weighted by molar-refractivity contribution is -0.144. The molecule has 0 saturated heterocycles. The molecular formula is C20H19NO5S. The first-order valence-corrected chi connectivity index (χ1v) is 9.34. The fourth-order valence-electron chi connectivity index (χ4n) is 2.65. The van der Waals surface area contributed by atoms with Gasteiger partial charge in [0.1, 0.15) is 12.2 Å². The fraction of sp³-hybridized carbons (Fsp3) is 0.250. The van der Waals surface area contributed by atoms with Crippen molar-refractivity contribution in [2.45, 2.75) is 26.9 Å². The maximum Gasteiger partial charge on any atom is 0.336 e. The molecule has 1 aromatic carbocycles. The van der Waals surface area contributed by atoms with Crippen molar-refractivity contribution < 1.29 is 18.7 Å². The lowest BCUT2D eigenvalue weighted by Gasteiger charge is -2.10.